The third-order valence-electron chi connectivity index (χ3n) is 4.00. The molecule has 2 nitrogen and oxygen atoms in total. The van der Waals surface area contributed by atoms with Crippen LogP contribution in [0.15, 0.2) is 97.3 Å². The molecule has 2 heterocycles. The Kier molecular flexibility index (Phi) is 3.86. The van der Waals surface area contributed by atoms with Crippen LogP contribution in [-0.4, -0.2) is 9.97 Å². The van der Waals surface area contributed by atoms with Gasteiger partial charge in [0.2, 0.25) is 0 Å². The Morgan fingerprint density at radius 1 is 0.500 bits per heavy atom. The number of nitrogens with zero attached hydrogens (tertiary/aromatic N) is 2. The molecule has 2 aromatic carbocycles. The molecular weight excluding hydrogens is 292 g/mol. The van der Waals surface area contributed by atoms with E-state index in [9.17, 15) is 0 Å². The molecule has 2 aromatic heterocycles. The van der Waals surface area contributed by atoms with Crippen LogP contribution in [0.2, 0.25) is 0 Å². The minimum Gasteiger partial charge on any atom is -0.256 e. The van der Waals surface area contributed by atoms with Crippen LogP contribution < -0.4 is 0 Å². The van der Waals surface area contributed by atoms with Crippen LogP contribution in [0, 0.1) is 0 Å². The van der Waals surface area contributed by atoms with E-state index < -0.39 is 0 Å². The average molecular weight is 308 g/mol. The highest BCUT2D eigenvalue weighted by Crippen LogP contribution is 2.33. The molecule has 0 fully saturated rings. The van der Waals surface area contributed by atoms with Gasteiger partial charge in [-0.3, -0.25) is 9.97 Å². The van der Waals surface area contributed by atoms with Gasteiger partial charge < -0.3 is 0 Å². The zero-order valence-corrected chi connectivity index (χ0v) is 13.1. The van der Waals surface area contributed by atoms with Crippen molar-refractivity contribution in [3.05, 3.63) is 97.3 Å². The van der Waals surface area contributed by atoms with Crippen LogP contribution in [0.4, 0.5) is 0 Å². The summed E-state index contributed by atoms with van der Waals surface area (Å²) >= 11 is 0. The summed E-state index contributed by atoms with van der Waals surface area (Å²) in [6.07, 6.45) is 3.74. The van der Waals surface area contributed by atoms with Crippen LogP contribution >= 0.6 is 0 Å². The maximum Gasteiger partial charge on any atom is 0.0723 e. The fourth-order valence-electron chi connectivity index (χ4n) is 2.80. The smallest absolute Gasteiger partial charge is 0.0723 e. The third kappa shape index (κ3) is 2.82. The molecule has 0 bridgehead atoms. The standard InChI is InChI=1S/C22H16N2/c1-3-9-17(10-4-1)19-15-22(18-11-5-2-6-12-18)24-16-20(19)21-13-7-8-14-23-21/h1-16H. The first-order valence-corrected chi connectivity index (χ1v) is 7.94. The van der Waals surface area contributed by atoms with Gasteiger partial charge in [0.25, 0.3) is 0 Å². The van der Waals surface area contributed by atoms with Crippen molar-refractivity contribution in [2.75, 3.05) is 0 Å². The lowest BCUT2D eigenvalue weighted by molar-refractivity contribution is 1.28. The van der Waals surface area contributed by atoms with Crippen LogP contribution in [0.5, 0.6) is 0 Å². The largest absolute Gasteiger partial charge is 0.256 e. The van der Waals surface area contributed by atoms with Gasteiger partial charge in [-0.15, -0.1) is 0 Å². The highest BCUT2D eigenvalue weighted by Gasteiger charge is 2.11. The van der Waals surface area contributed by atoms with E-state index in [4.69, 9.17) is 0 Å². The summed E-state index contributed by atoms with van der Waals surface area (Å²) in [6.45, 7) is 0. The molecule has 0 aliphatic carbocycles. The summed E-state index contributed by atoms with van der Waals surface area (Å²) < 4.78 is 0. The molecule has 0 spiro atoms. The lowest BCUT2D eigenvalue weighted by Crippen LogP contribution is -1.92. The Hall–Kier alpha value is -3.26. The molecule has 2 heteroatoms. The van der Waals surface area contributed by atoms with Crippen molar-refractivity contribution in [3.8, 4) is 33.6 Å². The Morgan fingerprint density at radius 2 is 1.17 bits per heavy atom. The number of aromatic nitrogens is 2. The van der Waals surface area contributed by atoms with Crippen molar-refractivity contribution in [1.29, 1.82) is 0 Å². The highest BCUT2D eigenvalue weighted by atomic mass is 14.7. The van der Waals surface area contributed by atoms with Gasteiger partial charge >= 0.3 is 0 Å². The minimum absolute atomic E-state index is 0.934. The minimum atomic E-state index is 0.934. The Balaban J connectivity index is 1.92. The Morgan fingerprint density at radius 3 is 1.83 bits per heavy atom. The predicted octanol–water partition coefficient (Wildman–Crippen LogP) is 5.48. The van der Waals surface area contributed by atoms with Crippen LogP contribution in [-0.2, 0) is 0 Å². The molecule has 0 amide bonds. The van der Waals surface area contributed by atoms with E-state index in [2.05, 4.69) is 52.4 Å². The van der Waals surface area contributed by atoms with Crippen LogP contribution in [0.1, 0.15) is 0 Å². The number of benzene rings is 2. The molecule has 24 heavy (non-hydrogen) atoms. The Bertz CT molecular complexity index is 933. The van der Waals surface area contributed by atoms with Crippen molar-refractivity contribution in [1.82, 2.24) is 9.97 Å². The summed E-state index contributed by atoms with van der Waals surface area (Å²) in [4.78, 5) is 9.17. The predicted molar refractivity (Wildman–Crippen MR) is 98.3 cm³/mol. The molecule has 0 aliphatic heterocycles. The molecule has 0 N–H and O–H groups in total. The van der Waals surface area contributed by atoms with E-state index in [1.807, 2.05) is 54.9 Å². The second kappa shape index (κ2) is 6.47. The van der Waals surface area contributed by atoms with Crippen LogP contribution in [0.3, 0.4) is 0 Å². The molecule has 0 saturated carbocycles. The molecule has 0 saturated heterocycles. The summed E-state index contributed by atoms with van der Waals surface area (Å²) in [5.41, 5.74) is 6.36. The molecule has 0 aliphatic rings. The first-order valence-electron chi connectivity index (χ1n) is 7.94. The van der Waals surface area contributed by atoms with Gasteiger partial charge in [-0.25, -0.2) is 0 Å². The zero-order chi connectivity index (χ0) is 16.2. The van der Waals surface area contributed by atoms with E-state index >= 15 is 0 Å². The molecule has 0 atom stereocenters. The number of hydrogen-bond acceptors (Lipinski definition) is 2. The van der Waals surface area contributed by atoms with Gasteiger partial charge in [0.15, 0.2) is 0 Å². The second-order valence-electron chi connectivity index (χ2n) is 5.56. The fraction of sp³-hybridized carbons (Fsp3) is 0. The highest BCUT2D eigenvalue weighted by molar-refractivity contribution is 5.84. The van der Waals surface area contributed by atoms with Crippen molar-refractivity contribution >= 4 is 0 Å². The summed E-state index contributed by atoms with van der Waals surface area (Å²) in [6, 6.07) is 28.7. The van der Waals surface area contributed by atoms with Gasteiger partial charge in [0, 0.05) is 23.5 Å². The van der Waals surface area contributed by atoms with Gasteiger partial charge in [0.05, 0.1) is 11.4 Å². The quantitative estimate of drug-likeness (QED) is 0.501. The zero-order valence-electron chi connectivity index (χ0n) is 13.1. The number of rotatable bonds is 3. The molecule has 4 aromatic rings. The van der Waals surface area contributed by atoms with Crippen molar-refractivity contribution < 1.29 is 0 Å². The maximum absolute atomic E-state index is 4.67. The fourth-order valence-corrected chi connectivity index (χ4v) is 2.80. The van der Waals surface area contributed by atoms with Gasteiger partial charge in [-0.1, -0.05) is 66.7 Å². The van der Waals surface area contributed by atoms with Gasteiger partial charge in [-0.05, 0) is 29.3 Å². The summed E-state index contributed by atoms with van der Waals surface area (Å²) in [5.74, 6) is 0. The van der Waals surface area contributed by atoms with Crippen molar-refractivity contribution in [2.45, 2.75) is 0 Å². The SMILES string of the molecule is c1ccc(-c2cc(-c3ccccc3)c(-c3ccccn3)cn2)cc1. The van der Waals surface area contributed by atoms with Gasteiger partial charge in [0.1, 0.15) is 0 Å². The van der Waals surface area contributed by atoms with E-state index in [0.717, 1.165) is 33.6 Å². The van der Waals surface area contributed by atoms with E-state index in [1.165, 1.54) is 0 Å². The molecule has 4 rings (SSSR count). The molecule has 114 valence electrons. The lowest BCUT2D eigenvalue weighted by Gasteiger charge is -2.11. The number of hydrogen-bond donors (Lipinski definition) is 0. The first kappa shape index (κ1) is 14.3. The lowest BCUT2D eigenvalue weighted by atomic mass is 9.97. The summed E-state index contributed by atoms with van der Waals surface area (Å²) in [7, 11) is 0. The maximum atomic E-state index is 4.67. The monoisotopic (exact) mass is 308 g/mol. The van der Waals surface area contributed by atoms with Crippen LogP contribution in [0.25, 0.3) is 33.6 Å². The molecule has 0 unspecified atom stereocenters. The van der Waals surface area contributed by atoms with E-state index in [1.54, 1.807) is 0 Å². The van der Waals surface area contributed by atoms with Gasteiger partial charge in [-0.2, -0.15) is 0 Å². The second-order valence-corrected chi connectivity index (χ2v) is 5.56. The summed E-state index contributed by atoms with van der Waals surface area (Å²) in [5, 5.41) is 0. The first-order chi connectivity index (χ1) is 11.9. The Labute approximate surface area is 141 Å². The van der Waals surface area contributed by atoms with E-state index in [0.29, 0.717) is 0 Å². The molecule has 0 radical (unpaired) electrons. The van der Waals surface area contributed by atoms with Crippen molar-refractivity contribution in [2.24, 2.45) is 0 Å². The normalized spacial score (nSPS) is 10.5. The topological polar surface area (TPSA) is 25.8 Å². The van der Waals surface area contributed by atoms with E-state index in [-0.39, 0.29) is 0 Å². The molecular formula is C22H16N2. The van der Waals surface area contributed by atoms with Crippen molar-refractivity contribution in [3.63, 3.8) is 0 Å². The number of pyridine rings is 2. The average Bonchev–Trinajstić information content (AvgIpc) is 2.69. The third-order valence-corrected chi connectivity index (χ3v) is 4.00.